The average molecular weight is 250 g/mol. The van der Waals surface area contributed by atoms with Gasteiger partial charge in [-0.3, -0.25) is 15.0 Å². The van der Waals surface area contributed by atoms with Crippen LogP contribution in [0.15, 0.2) is 18.3 Å². The maximum absolute atomic E-state index is 10.6. The van der Waals surface area contributed by atoms with Crippen LogP contribution in [0.1, 0.15) is 19.8 Å². The summed E-state index contributed by atoms with van der Waals surface area (Å²) in [5.41, 5.74) is 0.0707. The number of aromatic nitrogens is 1. The molecule has 1 unspecified atom stereocenters. The molecule has 6 nitrogen and oxygen atoms in total. The molecule has 1 atom stereocenters. The van der Waals surface area contributed by atoms with E-state index in [0.717, 1.165) is 19.6 Å². The van der Waals surface area contributed by atoms with Crippen LogP contribution in [0.3, 0.4) is 0 Å². The van der Waals surface area contributed by atoms with Crippen molar-refractivity contribution in [2.45, 2.75) is 25.8 Å². The second-order valence-corrected chi connectivity index (χ2v) is 4.63. The quantitative estimate of drug-likeness (QED) is 0.638. The maximum atomic E-state index is 10.6. The molecular formula is C12H18N4O2. The molecule has 0 aromatic carbocycles. The lowest BCUT2D eigenvalue weighted by atomic mass is 10.3. The van der Waals surface area contributed by atoms with Crippen LogP contribution in [0.5, 0.6) is 0 Å². The van der Waals surface area contributed by atoms with E-state index in [1.54, 1.807) is 0 Å². The Morgan fingerprint density at radius 3 is 2.94 bits per heavy atom. The van der Waals surface area contributed by atoms with E-state index in [1.165, 1.54) is 31.2 Å². The number of nitrogens with one attached hydrogen (secondary N) is 1. The smallest absolute Gasteiger partial charge is 0.274 e. The van der Waals surface area contributed by atoms with Crippen LogP contribution in [0.25, 0.3) is 0 Å². The first kappa shape index (κ1) is 12.8. The molecule has 1 aromatic rings. The summed E-state index contributed by atoms with van der Waals surface area (Å²) in [4.78, 5) is 16.7. The van der Waals surface area contributed by atoms with Crippen molar-refractivity contribution < 1.29 is 4.92 Å². The van der Waals surface area contributed by atoms with Gasteiger partial charge in [-0.25, -0.2) is 4.98 Å². The van der Waals surface area contributed by atoms with Gasteiger partial charge in [0.1, 0.15) is 5.82 Å². The van der Waals surface area contributed by atoms with Gasteiger partial charge in [-0.1, -0.05) is 0 Å². The molecule has 1 N–H and O–H groups in total. The van der Waals surface area contributed by atoms with E-state index in [2.05, 4.69) is 22.1 Å². The molecule has 18 heavy (non-hydrogen) atoms. The van der Waals surface area contributed by atoms with Gasteiger partial charge in [0.15, 0.2) is 0 Å². The number of hydrogen-bond donors (Lipinski definition) is 1. The van der Waals surface area contributed by atoms with Gasteiger partial charge in [-0.15, -0.1) is 0 Å². The maximum Gasteiger partial charge on any atom is 0.274 e. The van der Waals surface area contributed by atoms with E-state index in [4.69, 9.17) is 0 Å². The predicted octanol–water partition coefficient (Wildman–Crippen LogP) is 1.89. The Hall–Kier alpha value is -1.69. The van der Waals surface area contributed by atoms with E-state index >= 15 is 0 Å². The van der Waals surface area contributed by atoms with Crippen LogP contribution in [0.2, 0.25) is 0 Å². The second-order valence-electron chi connectivity index (χ2n) is 4.63. The summed E-state index contributed by atoms with van der Waals surface area (Å²) in [6.07, 6.45) is 3.99. The van der Waals surface area contributed by atoms with Gasteiger partial charge in [0, 0.05) is 24.8 Å². The minimum absolute atomic E-state index is 0.0707. The SMILES string of the molecule is CC(CNc1cc([N+](=O)[O-])ccn1)N1CCCC1. The van der Waals surface area contributed by atoms with Crippen LogP contribution in [0.4, 0.5) is 11.5 Å². The summed E-state index contributed by atoms with van der Waals surface area (Å²) >= 11 is 0. The van der Waals surface area contributed by atoms with Crippen molar-refractivity contribution in [3.63, 3.8) is 0 Å². The lowest BCUT2D eigenvalue weighted by Gasteiger charge is -2.23. The van der Waals surface area contributed by atoms with E-state index in [0.29, 0.717) is 11.9 Å². The number of anilines is 1. The third-order valence-electron chi connectivity index (χ3n) is 3.30. The molecule has 1 saturated heterocycles. The fraction of sp³-hybridized carbons (Fsp3) is 0.583. The number of likely N-dealkylation sites (tertiary alicyclic amines) is 1. The van der Waals surface area contributed by atoms with E-state index in [1.807, 2.05) is 0 Å². The monoisotopic (exact) mass is 250 g/mol. The van der Waals surface area contributed by atoms with Crippen molar-refractivity contribution in [2.24, 2.45) is 0 Å². The molecule has 0 amide bonds. The van der Waals surface area contributed by atoms with Crippen LogP contribution >= 0.6 is 0 Å². The predicted molar refractivity (Wildman–Crippen MR) is 69.7 cm³/mol. The lowest BCUT2D eigenvalue weighted by molar-refractivity contribution is -0.384. The number of hydrogen-bond acceptors (Lipinski definition) is 5. The Morgan fingerprint density at radius 2 is 2.28 bits per heavy atom. The van der Waals surface area contributed by atoms with Gasteiger partial charge in [0.05, 0.1) is 11.0 Å². The number of nitrogens with zero attached hydrogens (tertiary/aromatic N) is 3. The van der Waals surface area contributed by atoms with Gasteiger partial charge in [0.25, 0.3) is 5.69 Å². The molecule has 0 radical (unpaired) electrons. The molecular weight excluding hydrogens is 232 g/mol. The highest BCUT2D eigenvalue weighted by atomic mass is 16.6. The average Bonchev–Trinajstić information content (AvgIpc) is 2.90. The second kappa shape index (κ2) is 5.77. The Bertz CT molecular complexity index is 418. The molecule has 1 aliphatic rings. The first-order chi connectivity index (χ1) is 8.66. The Balaban J connectivity index is 1.89. The molecule has 98 valence electrons. The summed E-state index contributed by atoms with van der Waals surface area (Å²) < 4.78 is 0. The highest BCUT2D eigenvalue weighted by Crippen LogP contribution is 2.15. The van der Waals surface area contributed by atoms with E-state index < -0.39 is 4.92 Å². The number of rotatable bonds is 5. The third kappa shape index (κ3) is 3.16. The molecule has 1 fully saturated rings. The molecule has 2 heterocycles. The standard InChI is InChI=1S/C12H18N4O2/c1-10(15-6-2-3-7-15)9-14-12-8-11(16(17)18)4-5-13-12/h4-5,8,10H,2-3,6-7,9H2,1H3,(H,13,14). The zero-order valence-corrected chi connectivity index (χ0v) is 10.5. The largest absolute Gasteiger partial charge is 0.368 e. The van der Waals surface area contributed by atoms with Crippen molar-refractivity contribution in [3.8, 4) is 0 Å². The van der Waals surface area contributed by atoms with Crippen molar-refractivity contribution in [2.75, 3.05) is 25.0 Å². The number of nitro groups is 1. The normalized spacial score (nSPS) is 17.6. The highest BCUT2D eigenvalue weighted by molar-refractivity contribution is 5.44. The molecule has 1 aliphatic heterocycles. The summed E-state index contributed by atoms with van der Waals surface area (Å²) in [5, 5.41) is 13.8. The van der Waals surface area contributed by atoms with Crippen molar-refractivity contribution in [1.82, 2.24) is 9.88 Å². The molecule has 6 heteroatoms. The Morgan fingerprint density at radius 1 is 1.56 bits per heavy atom. The van der Waals surface area contributed by atoms with Gasteiger partial charge >= 0.3 is 0 Å². The van der Waals surface area contributed by atoms with Gasteiger partial charge in [-0.05, 0) is 32.9 Å². The van der Waals surface area contributed by atoms with Crippen molar-refractivity contribution >= 4 is 11.5 Å². The highest BCUT2D eigenvalue weighted by Gasteiger charge is 2.17. The Kier molecular flexibility index (Phi) is 4.09. The molecule has 0 aliphatic carbocycles. The molecule has 0 bridgehead atoms. The summed E-state index contributed by atoms with van der Waals surface area (Å²) in [7, 11) is 0. The summed E-state index contributed by atoms with van der Waals surface area (Å²) in [6.45, 7) is 5.21. The fourth-order valence-electron chi connectivity index (χ4n) is 2.19. The lowest BCUT2D eigenvalue weighted by Crippen LogP contribution is -2.35. The number of pyridine rings is 1. The first-order valence-corrected chi connectivity index (χ1v) is 6.25. The first-order valence-electron chi connectivity index (χ1n) is 6.25. The van der Waals surface area contributed by atoms with Crippen LogP contribution < -0.4 is 5.32 Å². The topological polar surface area (TPSA) is 71.3 Å². The molecule has 1 aromatic heterocycles. The van der Waals surface area contributed by atoms with Crippen LogP contribution in [0, 0.1) is 10.1 Å². The molecule has 2 rings (SSSR count). The van der Waals surface area contributed by atoms with Crippen LogP contribution in [-0.4, -0.2) is 40.5 Å². The fourth-order valence-corrected chi connectivity index (χ4v) is 2.19. The Labute approximate surface area is 106 Å². The van der Waals surface area contributed by atoms with Gasteiger partial charge in [-0.2, -0.15) is 0 Å². The zero-order chi connectivity index (χ0) is 13.0. The molecule has 0 saturated carbocycles. The van der Waals surface area contributed by atoms with Crippen molar-refractivity contribution in [1.29, 1.82) is 0 Å². The minimum atomic E-state index is -0.406. The van der Waals surface area contributed by atoms with Gasteiger partial charge in [0.2, 0.25) is 0 Å². The van der Waals surface area contributed by atoms with Gasteiger partial charge < -0.3 is 5.32 Å². The van der Waals surface area contributed by atoms with E-state index in [9.17, 15) is 10.1 Å². The molecule has 0 spiro atoms. The summed E-state index contributed by atoms with van der Waals surface area (Å²) in [6, 6.07) is 3.29. The summed E-state index contributed by atoms with van der Waals surface area (Å²) in [5.74, 6) is 0.565. The minimum Gasteiger partial charge on any atom is -0.368 e. The van der Waals surface area contributed by atoms with Crippen LogP contribution in [-0.2, 0) is 0 Å². The zero-order valence-electron chi connectivity index (χ0n) is 10.5. The van der Waals surface area contributed by atoms with Crippen molar-refractivity contribution in [3.05, 3.63) is 28.4 Å². The third-order valence-corrected chi connectivity index (χ3v) is 3.30. The van der Waals surface area contributed by atoms with E-state index in [-0.39, 0.29) is 5.69 Å².